The summed E-state index contributed by atoms with van der Waals surface area (Å²) in [5.74, 6) is 0. The number of benzene rings is 5. The van der Waals surface area contributed by atoms with Gasteiger partial charge in [0, 0.05) is 0 Å². The van der Waals surface area contributed by atoms with Crippen LogP contribution in [0.2, 0.25) is 0 Å². The molecule has 0 saturated heterocycles. The third kappa shape index (κ3) is 2.08. The highest BCUT2D eigenvalue weighted by atomic mass is 14.1. The highest BCUT2D eigenvalue weighted by Crippen LogP contribution is 2.30. The molecule has 0 atom stereocenters. The van der Waals surface area contributed by atoms with E-state index in [-0.39, 0.29) is 0 Å². The predicted molar refractivity (Wildman–Crippen MR) is 103 cm³/mol. The second kappa shape index (κ2) is 5.21. The van der Waals surface area contributed by atoms with E-state index in [0.29, 0.717) is 0 Å². The van der Waals surface area contributed by atoms with E-state index in [9.17, 15) is 0 Å². The Morgan fingerprint density at radius 3 is 2.17 bits per heavy atom. The first-order chi connectivity index (χ1) is 11.9. The summed E-state index contributed by atoms with van der Waals surface area (Å²) in [7, 11) is 0. The lowest BCUT2D eigenvalue weighted by molar-refractivity contribution is 1.67. The molecule has 0 aliphatic heterocycles. The van der Waals surface area contributed by atoms with Crippen molar-refractivity contribution in [1.29, 1.82) is 0 Å². The first-order valence-corrected chi connectivity index (χ1v) is 8.21. The Bertz CT molecular complexity index is 1200. The van der Waals surface area contributed by atoms with Crippen LogP contribution in [0.25, 0.3) is 43.4 Å². The van der Waals surface area contributed by atoms with Crippen LogP contribution in [0.4, 0.5) is 0 Å². The summed E-state index contributed by atoms with van der Waals surface area (Å²) in [5, 5.41) is 7.56. The zero-order valence-corrected chi connectivity index (χ0v) is 13.2. The zero-order chi connectivity index (χ0) is 15.9. The van der Waals surface area contributed by atoms with Gasteiger partial charge >= 0.3 is 0 Å². The third-order valence-corrected chi connectivity index (χ3v) is 4.72. The van der Waals surface area contributed by atoms with Crippen LogP contribution in [0.5, 0.6) is 0 Å². The first kappa shape index (κ1) is 13.3. The molecule has 0 nitrogen and oxygen atoms in total. The monoisotopic (exact) mass is 303 g/mol. The van der Waals surface area contributed by atoms with Crippen molar-refractivity contribution in [2.75, 3.05) is 0 Å². The SMILES string of the molecule is [c]1c(-c2ccc3c(ccc4ccccc43)c2)ccc2ccccc12. The van der Waals surface area contributed by atoms with E-state index in [1.165, 1.54) is 32.5 Å². The fraction of sp³-hybridized carbons (Fsp3) is 0. The summed E-state index contributed by atoms with van der Waals surface area (Å²) in [4.78, 5) is 0. The summed E-state index contributed by atoms with van der Waals surface area (Å²) < 4.78 is 0. The van der Waals surface area contributed by atoms with Gasteiger partial charge in [-0.15, -0.1) is 0 Å². The minimum Gasteiger partial charge on any atom is -0.0616 e. The van der Waals surface area contributed by atoms with Gasteiger partial charge in [-0.3, -0.25) is 0 Å². The van der Waals surface area contributed by atoms with Gasteiger partial charge in [0.1, 0.15) is 0 Å². The smallest absolute Gasteiger partial charge is 0.00143 e. The molecule has 0 spiro atoms. The Morgan fingerprint density at radius 2 is 1.21 bits per heavy atom. The van der Waals surface area contributed by atoms with Crippen LogP contribution in [0.15, 0.2) is 91.0 Å². The maximum absolute atomic E-state index is 3.54. The summed E-state index contributed by atoms with van der Waals surface area (Å²) in [6.45, 7) is 0. The van der Waals surface area contributed by atoms with Crippen molar-refractivity contribution in [2.45, 2.75) is 0 Å². The molecule has 111 valence electrons. The predicted octanol–water partition coefficient (Wildman–Crippen LogP) is 6.61. The normalized spacial score (nSPS) is 11.3. The maximum Gasteiger partial charge on any atom is -0.00143 e. The Morgan fingerprint density at radius 1 is 0.500 bits per heavy atom. The summed E-state index contributed by atoms with van der Waals surface area (Å²) >= 11 is 0. The topological polar surface area (TPSA) is 0 Å². The van der Waals surface area contributed by atoms with Crippen molar-refractivity contribution in [3.05, 3.63) is 97.1 Å². The van der Waals surface area contributed by atoms with Gasteiger partial charge in [-0.2, -0.15) is 0 Å². The summed E-state index contributed by atoms with van der Waals surface area (Å²) in [6, 6.07) is 35.9. The van der Waals surface area contributed by atoms with Crippen LogP contribution in [0.3, 0.4) is 0 Å². The van der Waals surface area contributed by atoms with Crippen molar-refractivity contribution in [1.82, 2.24) is 0 Å². The van der Waals surface area contributed by atoms with Gasteiger partial charge in [-0.05, 0) is 55.6 Å². The molecule has 0 unspecified atom stereocenters. The lowest BCUT2D eigenvalue weighted by Gasteiger charge is -2.08. The Hall–Kier alpha value is -3.12. The molecule has 0 heteroatoms. The van der Waals surface area contributed by atoms with Crippen LogP contribution in [0.1, 0.15) is 0 Å². The van der Waals surface area contributed by atoms with Gasteiger partial charge in [0.15, 0.2) is 0 Å². The fourth-order valence-electron chi connectivity index (χ4n) is 3.47. The highest BCUT2D eigenvalue weighted by Gasteiger charge is 2.04. The number of hydrogen-bond donors (Lipinski definition) is 0. The van der Waals surface area contributed by atoms with Crippen LogP contribution in [-0.2, 0) is 0 Å². The van der Waals surface area contributed by atoms with E-state index in [4.69, 9.17) is 0 Å². The minimum absolute atomic E-state index is 1.14. The quantitative estimate of drug-likeness (QED) is 0.305. The van der Waals surface area contributed by atoms with Crippen LogP contribution >= 0.6 is 0 Å². The second-order valence-electron chi connectivity index (χ2n) is 6.18. The fourth-order valence-corrected chi connectivity index (χ4v) is 3.47. The van der Waals surface area contributed by atoms with Gasteiger partial charge in [-0.1, -0.05) is 84.9 Å². The Labute approximate surface area is 141 Å². The molecule has 24 heavy (non-hydrogen) atoms. The average molecular weight is 303 g/mol. The van der Waals surface area contributed by atoms with Gasteiger partial charge in [0.05, 0.1) is 0 Å². The Kier molecular flexibility index (Phi) is 2.89. The second-order valence-corrected chi connectivity index (χ2v) is 6.18. The van der Waals surface area contributed by atoms with E-state index >= 15 is 0 Å². The van der Waals surface area contributed by atoms with E-state index in [1.54, 1.807) is 0 Å². The standard InChI is InChI=1S/C24H15/c1-2-7-19-15-20(11-9-17(19)5-1)21-13-14-24-22(16-21)12-10-18-6-3-4-8-23(18)24/h1-14,16H. The molecule has 1 radical (unpaired) electrons. The van der Waals surface area contributed by atoms with Crippen LogP contribution in [0, 0.1) is 6.07 Å². The van der Waals surface area contributed by atoms with E-state index in [1.807, 2.05) is 0 Å². The minimum atomic E-state index is 1.14. The van der Waals surface area contributed by atoms with E-state index in [0.717, 1.165) is 10.9 Å². The molecular formula is C24H15. The maximum atomic E-state index is 3.54. The number of hydrogen-bond acceptors (Lipinski definition) is 0. The van der Waals surface area contributed by atoms with Crippen molar-refractivity contribution < 1.29 is 0 Å². The van der Waals surface area contributed by atoms with Gasteiger partial charge in [-0.25, -0.2) is 0 Å². The average Bonchev–Trinajstić information content (AvgIpc) is 2.67. The lowest BCUT2D eigenvalue weighted by atomic mass is 9.96. The highest BCUT2D eigenvalue weighted by molar-refractivity contribution is 6.08. The summed E-state index contributed by atoms with van der Waals surface area (Å²) in [6.07, 6.45) is 0. The van der Waals surface area contributed by atoms with Crippen LogP contribution in [-0.4, -0.2) is 0 Å². The summed E-state index contributed by atoms with van der Waals surface area (Å²) in [5.41, 5.74) is 2.35. The van der Waals surface area contributed by atoms with Crippen molar-refractivity contribution in [3.63, 3.8) is 0 Å². The number of rotatable bonds is 1. The molecule has 5 aromatic rings. The third-order valence-electron chi connectivity index (χ3n) is 4.72. The van der Waals surface area contributed by atoms with Crippen molar-refractivity contribution in [2.24, 2.45) is 0 Å². The molecule has 0 aliphatic carbocycles. The molecule has 0 N–H and O–H groups in total. The van der Waals surface area contributed by atoms with E-state index in [2.05, 4.69) is 97.1 Å². The van der Waals surface area contributed by atoms with E-state index < -0.39 is 0 Å². The molecule has 0 heterocycles. The molecule has 0 aliphatic rings. The molecule has 0 aromatic heterocycles. The van der Waals surface area contributed by atoms with Gasteiger partial charge < -0.3 is 0 Å². The van der Waals surface area contributed by atoms with Crippen molar-refractivity contribution >= 4 is 32.3 Å². The Balaban J connectivity index is 1.72. The van der Waals surface area contributed by atoms with Gasteiger partial charge in [0.2, 0.25) is 0 Å². The molecule has 0 amide bonds. The number of fused-ring (bicyclic) bond motifs is 4. The lowest BCUT2D eigenvalue weighted by Crippen LogP contribution is -1.82. The molecule has 0 fully saturated rings. The largest absolute Gasteiger partial charge is 0.0616 e. The zero-order valence-electron chi connectivity index (χ0n) is 13.2. The molecular weight excluding hydrogens is 288 g/mol. The van der Waals surface area contributed by atoms with Crippen LogP contribution < -0.4 is 0 Å². The van der Waals surface area contributed by atoms with Crippen molar-refractivity contribution in [3.8, 4) is 11.1 Å². The molecule has 5 rings (SSSR count). The van der Waals surface area contributed by atoms with Gasteiger partial charge in [0.25, 0.3) is 0 Å². The molecule has 5 aromatic carbocycles. The molecule has 0 bridgehead atoms. The first-order valence-electron chi connectivity index (χ1n) is 8.21. The molecule has 0 saturated carbocycles.